The van der Waals surface area contributed by atoms with Crippen LogP contribution < -0.4 is 4.90 Å². The summed E-state index contributed by atoms with van der Waals surface area (Å²) in [7, 11) is 5.52. The molecule has 1 aliphatic heterocycles. The van der Waals surface area contributed by atoms with E-state index < -0.39 is 6.10 Å². The van der Waals surface area contributed by atoms with Crippen LogP contribution in [0.2, 0.25) is 0 Å². The van der Waals surface area contributed by atoms with E-state index in [9.17, 15) is 9.90 Å². The van der Waals surface area contributed by atoms with Gasteiger partial charge >= 0.3 is 5.97 Å². The number of benzene rings is 1. The Labute approximate surface area is 144 Å². The predicted molar refractivity (Wildman–Crippen MR) is 94.0 cm³/mol. The van der Waals surface area contributed by atoms with E-state index in [1.165, 1.54) is 18.4 Å². The molecule has 5 heteroatoms. The number of hydrogen-bond donors (Lipinski definition) is 1. The van der Waals surface area contributed by atoms with E-state index in [0.717, 1.165) is 19.4 Å². The first kappa shape index (κ1) is 17.2. The lowest BCUT2D eigenvalue weighted by Gasteiger charge is -2.33. The first-order chi connectivity index (χ1) is 11.5. The van der Waals surface area contributed by atoms with Gasteiger partial charge in [-0.25, -0.2) is 0 Å². The third kappa shape index (κ3) is 3.28. The molecule has 4 atom stereocenters. The Morgan fingerprint density at radius 2 is 2.12 bits per heavy atom. The Bertz CT molecular complexity index is 590. The summed E-state index contributed by atoms with van der Waals surface area (Å²) < 4.78 is 4.87. The van der Waals surface area contributed by atoms with Crippen LogP contribution in [0.5, 0.6) is 0 Å². The molecule has 0 amide bonds. The van der Waals surface area contributed by atoms with Crippen LogP contribution in [0.4, 0.5) is 5.69 Å². The molecule has 1 N–H and O–H groups in total. The summed E-state index contributed by atoms with van der Waals surface area (Å²) in [6.45, 7) is 0.979. The molecule has 24 heavy (non-hydrogen) atoms. The first-order valence-corrected chi connectivity index (χ1v) is 8.80. The lowest BCUT2D eigenvalue weighted by atomic mass is 10.0. The third-order valence-corrected chi connectivity index (χ3v) is 5.52. The largest absolute Gasteiger partial charge is 0.469 e. The van der Waals surface area contributed by atoms with Crippen molar-refractivity contribution in [3.63, 3.8) is 0 Å². The average molecular weight is 332 g/mol. The highest BCUT2D eigenvalue weighted by Crippen LogP contribution is 2.40. The number of likely N-dealkylation sites (tertiary alicyclic amines) is 1. The van der Waals surface area contributed by atoms with Crippen molar-refractivity contribution < 1.29 is 14.6 Å². The molecule has 1 saturated heterocycles. The molecule has 2 fully saturated rings. The summed E-state index contributed by atoms with van der Waals surface area (Å²) >= 11 is 0. The summed E-state index contributed by atoms with van der Waals surface area (Å²) in [4.78, 5) is 16.4. The third-order valence-electron chi connectivity index (χ3n) is 5.52. The molecule has 4 unspecified atom stereocenters. The summed E-state index contributed by atoms with van der Waals surface area (Å²) in [6, 6.07) is 8.99. The fourth-order valence-corrected chi connectivity index (χ4v) is 4.26. The van der Waals surface area contributed by atoms with Crippen molar-refractivity contribution in [3.05, 3.63) is 29.8 Å². The number of esters is 1. The SMILES string of the molecule is COC(=O)C1CC(O)C(N2CCCC2c2cccc(N(C)C)c2)C1. The monoisotopic (exact) mass is 332 g/mol. The molecule has 132 valence electrons. The van der Waals surface area contributed by atoms with Crippen LogP contribution in [0.3, 0.4) is 0 Å². The maximum atomic E-state index is 11.8. The van der Waals surface area contributed by atoms with Gasteiger partial charge in [-0.05, 0) is 49.9 Å². The Kier molecular flexibility index (Phi) is 5.11. The van der Waals surface area contributed by atoms with Crippen LogP contribution in [0, 0.1) is 5.92 Å². The van der Waals surface area contributed by atoms with Crippen molar-refractivity contribution in [1.82, 2.24) is 4.90 Å². The number of rotatable bonds is 4. The Balaban J connectivity index is 1.78. The number of aliphatic hydroxyl groups is 1. The average Bonchev–Trinajstić information content (AvgIpc) is 3.20. The van der Waals surface area contributed by atoms with E-state index in [1.54, 1.807) is 0 Å². The number of anilines is 1. The number of methoxy groups -OCH3 is 1. The number of nitrogens with zero attached hydrogens (tertiary/aromatic N) is 2. The van der Waals surface area contributed by atoms with Crippen molar-refractivity contribution >= 4 is 11.7 Å². The van der Waals surface area contributed by atoms with Gasteiger partial charge in [0, 0.05) is 31.9 Å². The lowest BCUT2D eigenvalue weighted by molar-refractivity contribution is -0.145. The van der Waals surface area contributed by atoms with Crippen LogP contribution in [0.25, 0.3) is 0 Å². The zero-order chi connectivity index (χ0) is 17.3. The van der Waals surface area contributed by atoms with Crippen molar-refractivity contribution in [2.75, 3.05) is 32.6 Å². The van der Waals surface area contributed by atoms with Crippen molar-refractivity contribution in [2.24, 2.45) is 5.92 Å². The van der Waals surface area contributed by atoms with Gasteiger partial charge < -0.3 is 14.7 Å². The molecule has 0 bridgehead atoms. The van der Waals surface area contributed by atoms with Crippen molar-refractivity contribution in [3.8, 4) is 0 Å². The fourth-order valence-electron chi connectivity index (χ4n) is 4.26. The van der Waals surface area contributed by atoms with E-state index in [2.05, 4.69) is 34.1 Å². The number of carbonyl (C=O) groups excluding carboxylic acids is 1. The van der Waals surface area contributed by atoms with Crippen LogP contribution >= 0.6 is 0 Å². The molecule has 3 rings (SSSR count). The summed E-state index contributed by atoms with van der Waals surface area (Å²) in [5.74, 6) is -0.369. The van der Waals surface area contributed by atoms with Gasteiger partial charge in [0.15, 0.2) is 0 Å². The number of carbonyl (C=O) groups is 1. The summed E-state index contributed by atoms with van der Waals surface area (Å²) in [5, 5.41) is 10.5. The molecule has 2 aliphatic rings. The summed E-state index contributed by atoms with van der Waals surface area (Å²) in [5.41, 5.74) is 2.49. The zero-order valence-electron chi connectivity index (χ0n) is 14.8. The molecule has 1 saturated carbocycles. The van der Waals surface area contributed by atoms with Gasteiger partial charge in [-0.15, -0.1) is 0 Å². The minimum absolute atomic E-state index is 0.0459. The highest BCUT2D eigenvalue weighted by atomic mass is 16.5. The highest BCUT2D eigenvalue weighted by molar-refractivity contribution is 5.72. The molecule has 0 spiro atoms. The Morgan fingerprint density at radius 3 is 2.83 bits per heavy atom. The van der Waals surface area contributed by atoms with Crippen molar-refractivity contribution in [1.29, 1.82) is 0 Å². The minimum Gasteiger partial charge on any atom is -0.469 e. The van der Waals surface area contributed by atoms with Crippen LogP contribution in [0.15, 0.2) is 24.3 Å². The van der Waals surface area contributed by atoms with Gasteiger partial charge in [-0.1, -0.05) is 12.1 Å². The Hall–Kier alpha value is -1.59. The van der Waals surface area contributed by atoms with E-state index in [-0.39, 0.29) is 17.9 Å². The standard InChI is InChI=1S/C19H28N2O3/c1-20(2)15-7-4-6-13(10-15)16-8-5-9-21(16)17-11-14(12-18(17)22)19(23)24-3/h4,6-7,10,14,16-18,22H,5,8-9,11-12H2,1-3H3. The smallest absolute Gasteiger partial charge is 0.308 e. The predicted octanol–water partition coefficient (Wildman–Crippen LogP) is 2.20. The van der Waals surface area contributed by atoms with E-state index in [1.807, 2.05) is 14.1 Å². The molecule has 1 heterocycles. The second-order valence-electron chi connectivity index (χ2n) is 7.21. The van der Waals surface area contributed by atoms with Gasteiger partial charge in [0.05, 0.1) is 19.1 Å². The molecular weight excluding hydrogens is 304 g/mol. The molecule has 0 radical (unpaired) electrons. The van der Waals surface area contributed by atoms with Crippen LogP contribution in [-0.2, 0) is 9.53 Å². The quantitative estimate of drug-likeness (QED) is 0.857. The fraction of sp³-hybridized carbons (Fsp3) is 0.632. The van der Waals surface area contributed by atoms with E-state index in [4.69, 9.17) is 4.74 Å². The highest BCUT2D eigenvalue weighted by Gasteiger charge is 2.44. The number of ether oxygens (including phenoxy) is 1. The first-order valence-electron chi connectivity index (χ1n) is 8.80. The van der Waals surface area contributed by atoms with Gasteiger partial charge in [0.25, 0.3) is 0 Å². The summed E-state index contributed by atoms with van der Waals surface area (Å²) in [6.07, 6.45) is 2.98. The normalized spacial score (nSPS) is 30.5. The molecule has 1 aromatic rings. The molecule has 1 aliphatic carbocycles. The zero-order valence-corrected chi connectivity index (χ0v) is 14.8. The van der Waals surface area contributed by atoms with E-state index in [0.29, 0.717) is 18.9 Å². The van der Waals surface area contributed by atoms with E-state index >= 15 is 0 Å². The topological polar surface area (TPSA) is 53.0 Å². The van der Waals surface area contributed by atoms with Crippen LogP contribution in [0.1, 0.15) is 37.3 Å². The molecular formula is C19H28N2O3. The second kappa shape index (κ2) is 7.11. The van der Waals surface area contributed by atoms with Crippen molar-refractivity contribution in [2.45, 2.75) is 43.9 Å². The molecule has 5 nitrogen and oxygen atoms in total. The van der Waals surface area contributed by atoms with Gasteiger partial charge in [-0.2, -0.15) is 0 Å². The number of hydrogen-bond acceptors (Lipinski definition) is 5. The lowest BCUT2D eigenvalue weighted by Crippen LogP contribution is -2.40. The molecule has 0 aromatic heterocycles. The maximum absolute atomic E-state index is 11.8. The van der Waals surface area contributed by atoms with Gasteiger partial charge in [-0.3, -0.25) is 9.69 Å². The van der Waals surface area contributed by atoms with Crippen LogP contribution in [-0.4, -0.2) is 55.9 Å². The maximum Gasteiger partial charge on any atom is 0.308 e. The van der Waals surface area contributed by atoms with Gasteiger partial charge in [0.2, 0.25) is 0 Å². The van der Waals surface area contributed by atoms with Gasteiger partial charge in [0.1, 0.15) is 0 Å². The number of aliphatic hydroxyl groups excluding tert-OH is 1. The minimum atomic E-state index is -0.452. The molecule has 1 aromatic carbocycles. The Morgan fingerprint density at radius 1 is 1.33 bits per heavy atom. The second-order valence-corrected chi connectivity index (χ2v) is 7.21.